The second kappa shape index (κ2) is 5.03. The molecule has 0 saturated heterocycles. The molecule has 4 nitrogen and oxygen atoms in total. The van der Waals surface area contributed by atoms with Crippen molar-refractivity contribution < 1.29 is 24.1 Å². The second-order valence-corrected chi connectivity index (χ2v) is 4.19. The van der Waals surface area contributed by atoms with Gasteiger partial charge in [-0.25, -0.2) is 4.39 Å². The van der Waals surface area contributed by atoms with Crippen LogP contribution in [0.15, 0.2) is 18.2 Å². The summed E-state index contributed by atoms with van der Waals surface area (Å²) in [6, 6.07) is 4.11. The van der Waals surface area contributed by atoms with Crippen molar-refractivity contribution >= 4 is 5.97 Å². The van der Waals surface area contributed by atoms with Gasteiger partial charge in [-0.05, 0) is 31.0 Å². The van der Waals surface area contributed by atoms with E-state index in [4.69, 9.17) is 5.11 Å². The van der Waals surface area contributed by atoms with Gasteiger partial charge in [0.2, 0.25) is 0 Å². The van der Waals surface area contributed by atoms with Crippen LogP contribution >= 0.6 is 0 Å². The molecule has 1 atom stereocenters. The first kappa shape index (κ1) is 13.3. The van der Waals surface area contributed by atoms with Gasteiger partial charge in [-0.15, -0.1) is 0 Å². The smallest absolute Gasteiger partial charge is 0.314 e. The third kappa shape index (κ3) is 2.87. The number of aromatic hydroxyl groups is 2. The molecule has 0 aromatic heterocycles. The topological polar surface area (TPSA) is 66.8 Å². The van der Waals surface area contributed by atoms with E-state index in [0.717, 1.165) is 0 Å². The minimum Gasteiger partial charge on any atom is -0.504 e. The van der Waals surface area contributed by atoms with Crippen LogP contribution in [-0.2, 0) is 16.0 Å². The number of carbonyl (C=O) groups is 1. The highest BCUT2D eigenvalue weighted by molar-refractivity contribution is 5.76. The lowest BCUT2D eigenvalue weighted by molar-refractivity contribution is -0.152. The van der Waals surface area contributed by atoms with Crippen molar-refractivity contribution in [3.63, 3.8) is 0 Å². The van der Waals surface area contributed by atoms with Gasteiger partial charge >= 0.3 is 5.97 Å². The highest BCUT2D eigenvalue weighted by atomic mass is 19.1. The normalized spacial score (nSPS) is 14.1. The molecule has 0 spiro atoms. The lowest BCUT2D eigenvalue weighted by Crippen LogP contribution is -2.33. The Labute approximate surface area is 98.7 Å². The minimum atomic E-state index is -1.28. The zero-order valence-corrected chi connectivity index (χ0v) is 9.74. The number of esters is 1. The fraction of sp³-hybridized carbons (Fsp3) is 0.417. The molecule has 2 N–H and O–H groups in total. The maximum Gasteiger partial charge on any atom is 0.314 e. The number of carbonyl (C=O) groups excluding carboxylic acids is 1. The summed E-state index contributed by atoms with van der Waals surface area (Å²) >= 11 is 0. The van der Waals surface area contributed by atoms with Gasteiger partial charge in [-0.1, -0.05) is 6.07 Å². The largest absolute Gasteiger partial charge is 0.504 e. The van der Waals surface area contributed by atoms with Crippen molar-refractivity contribution in [2.75, 3.05) is 13.8 Å². The van der Waals surface area contributed by atoms with Crippen molar-refractivity contribution in [1.29, 1.82) is 0 Å². The van der Waals surface area contributed by atoms with Crippen LogP contribution < -0.4 is 0 Å². The molecule has 1 aromatic carbocycles. The maximum absolute atomic E-state index is 12.9. The van der Waals surface area contributed by atoms with Crippen LogP contribution in [0.3, 0.4) is 0 Å². The number of methoxy groups -OCH3 is 1. The summed E-state index contributed by atoms with van der Waals surface area (Å²) in [5, 5.41) is 18.4. The molecule has 0 aliphatic carbocycles. The third-order valence-corrected chi connectivity index (χ3v) is 2.61. The van der Waals surface area contributed by atoms with Crippen molar-refractivity contribution in [2.45, 2.75) is 13.3 Å². The van der Waals surface area contributed by atoms with E-state index in [1.165, 1.54) is 32.2 Å². The average molecular weight is 242 g/mol. The van der Waals surface area contributed by atoms with Crippen LogP contribution in [0.25, 0.3) is 0 Å². The Morgan fingerprint density at radius 2 is 2.06 bits per heavy atom. The first-order chi connectivity index (χ1) is 7.92. The van der Waals surface area contributed by atoms with Crippen molar-refractivity contribution in [2.24, 2.45) is 5.41 Å². The van der Waals surface area contributed by atoms with Crippen LogP contribution in [-0.4, -0.2) is 30.0 Å². The van der Waals surface area contributed by atoms with E-state index in [-0.39, 0.29) is 17.9 Å². The van der Waals surface area contributed by atoms with E-state index < -0.39 is 18.1 Å². The van der Waals surface area contributed by atoms with Crippen LogP contribution in [0.1, 0.15) is 12.5 Å². The first-order valence-corrected chi connectivity index (χ1v) is 5.08. The predicted octanol–water partition coefficient (Wildman–Crippen LogP) is 1.79. The van der Waals surface area contributed by atoms with E-state index in [9.17, 15) is 14.3 Å². The van der Waals surface area contributed by atoms with Crippen LogP contribution in [0.2, 0.25) is 0 Å². The third-order valence-electron chi connectivity index (χ3n) is 2.61. The molecule has 5 heteroatoms. The summed E-state index contributed by atoms with van der Waals surface area (Å²) in [4.78, 5) is 11.4. The molecule has 0 radical (unpaired) electrons. The van der Waals surface area contributed by atoms with E-state index in [1.54, 1.807) is 0 Å². The van der Waals surface area contributed by atoms with Crippen LogP contribution in [0, 0.1) is 5.41 Å². The van der Waals surface area contributed by atoms with Gasteiger partial charge in [-0.3, -0.25) is 4.79 Å². The molecule has 0 aliphatic rings. The van der Waals surface area contributed by atoms with E-state index >= 15 is 0 Å². The Hall–Kier alpha value is -1.78. The maximum atomic E-state index is 12.9. The van der Waals surface area contributed by atoms with Crippen LogP contribution in [0.5, 0.6) is 11.5 Å². The van der Waals surface area contributed by atoms with Crippen molar-refractivity contribution in [3.05, 3.63) is 23.8 Å². The standard InChI is InChI=1S/C12H15FO4/c1-12(7-13,11(16)17-2)6-8-3-4-9(14)10(15)5-8/h3-5,14-15H,6-7H2,1-2H3. The summed E-state index contributed by atoms with van der Waals surface area (Å²) in [5.74, 6) is -1.20. The van der Waals surface area contributed by atoms with Gasteiger partial charge in [0.1, 0.15) is 6.67 Å². The lowest BCUT2D eigenvalue weighted by Gasteiger charge is -2.23. The van der Waals surface area contributed by atoms with Crippen molar-refractivity contribution in [3.8, 4) is 11.5 Å². The molecular formula is C12H15FO4. The molecule has 0 heterocycles. The molecule has 1 unspecified atom stereocenters. The molecule has 0 bridgehead atoms. The lowest BCUT2D eigenvalue weighted by atomic mass is 9.85. The Morgan fingerprint density at radius 3 is 2.53 bits per heavy atom. The molecule has 1 aromatic rings. The molecule has 94 valence electrons. The Balaban J connectivity index is 2.95. The summed E-state index contributed by atoms with van der Waals surface area (Å²) in [5.41, 5.74) is -0.733. The highest BCUT2D eigenvalue weighted by Crippen LogP contribution is 2.30. The zero-order valence-electron chi connectivity index (χ0n) is 9.74. The number of phenols is 2. The Bertz CT molecular complexity index is 419. The molecule has 0 fully saturated rings. The number of halogens is 1. The molecule has 0 amide bonds. The highest BCUT2D eigenvalue weighted by Gasteiger charge is 2.35. The first-order valence-electron chi connectivity index (χ1n) is 5.08. The monoisotopic (exact) mass is 242 g/mol. The summed E-state index contributed by atoms with van der Waals surface area (Å²) in [7, 11) is 1.20. The number of rotatable bonds is 4. The van der Waals surface area contributed by atoms with E-state index in [1.807, 2.05) is 0 Å². The summed E-state index contributed by atoms with van der Waals surface area (Å²) in [6.45, 7) is 0.587. The number of benzene rings is 1. The van der Waals surface area contributed by atoms with Gasteiger partial charge in [0.05, 0.1) is 12.5 Å². The fourth-order valence-electron chi connectivity index (χ4n) is 1.55. The van der Waals surface area contributed by atoms with E-state index in [0.29, 0.717) is 5.56 Å². The SMILES string of the molecule is COC(=O)C(C)(CF)Cc1ccc(O)c(O)c1. The molecule has 1 rings (SSSR count). The zero-order chi connectivity index (χ0) is 13.1. The average Bonchev–Trinajstić information content (AvgIpc) is 2.32. The summed E-state index contributed by atoms with van der Waals surface area (Å²) in [6.07, 6.45) is 0.0873. The number of hydrogen-bond donors (Lipinski definition) is 2. The number of alkyl halides is 1. The van der Waals surface area contributed by atoms with E-state index in [2.05, 4.69) is 4.74 Å². The van der Waals surface area contributed by atoms with Crippen molar-refractivity contribution in [1.82, 2.24) is 0 Å². The molecule has 0 saturated carbocycles. The van der Waals surface area contributed by atoms with Gasteiger partial charge in [0, 0.05) is 0 Å². The number of hydrogen-bond acceptors (Lipinski definition) is 4. The van der Waals surface area contributed by atoms with Gasteiger partial charge in [0.25, 0.3) is 0 Å². The second-order valence-electron chi connectivity index (χ2n) is 4.19. The molecule has 0 aliphatic heterocycles. The minimum absolute atomic E-state index is 0.0873. The Kier molecular flexibility index (Phi) is 3.93. The quantitative estimate of drug-likeness (QED) is 0.624. The summed E-state index contributed by atoms with van der Waals surface area (Å²) < 4.78 is 17.5. The Morgan fingerprint density at radius 1 is 1.41 bits per heavy atom. The fourth-order valence-corrected chi connectivity index (χ4v) is 1.55. The van der Waals surface area contributed by atoms with Gasteiger partial charge in [-0.2, -0.15) is 0 Å². The predicted molar refractivity (Wildman–Crippen MR) is 59.6 cm³/mol. The van der Waals surface area contributed by atoms with Crippen LogP contribution in [0.4, 0.5) is 4.39 Å². The molecule has 17 heavy (non-hydrogen) atoms. The molecular weight excluding hydrogens is 227 g/mol. The van der Waals surface area contributed by atoms with Gasteiger partial charge < -0.3 is 14.9 Å². The van der Waals surface area contributed by atoms with Gasteiger partial charge in [0.15, 0.2) is 11.5 Å². The number of ether oxygens (including phenoxy) is 1. The number of phenolic OH excluding ortho intramolecular Hbond substituents is 2.